The van der Waals surface area contributed by atoms with Gasteiger partial charge in [-0.3, -0.25) is 9.74 Å². The molecule has 0 bridgehead atoms. The topological polar surface area (TPSA) is 102 Å². The third-order valence-corrected chi connectivity index (χ3v) is 2.17. The zero-order valence-corrected chi connectivity index (χ0v) is 7.67. The molecule has 0 aromatic heterocycles. The van der Waals surface area contributed by atoms with Crippen molar-refractivity contribution < 1.29 is 24.3 Å². The summed E-state index contributed by atoms with van der Waals surface area (Å²) in [6.45, 7) is 0.0889. The van der Waals surface area contributed by atoms with Crippen LogP contribution in [0.15, 0.2) is 0 Å². The maximum Gasteiger partial charge on any atom is 0.408 e. The van der Waals surface area contributed by atoms with Crippen LogP contribution in [0.25, 0.3) is 0 Å². The Labute approximate surface area is 80.3 Å². The second kappa shape index (κ2) is 4.25. The molecule has 1 aliphatic rings. The molecule has 0 unspecified atom stereocenters. The second-order valence-corrected chi connectivity index (χ2v) is 2.97. The molecular weight excluding hydrogens is 192 g/mol. The lowest BCUT2D eigenvalue weighted by atomic mass is 10.2. The van der Waals surface area contributed by atoms with E-state index in [1.807, 2.05) is 0 Å². The van der Waals surface area contributed by atoms with E-state index in [4.69, 9.17) is 11.0 Å². The van der Waals surface area contributed by atoms with Gasteiger partial charge in [-0.2, -0.15) is 0 Å². The SMILES string of the molecule is COC(=O)[C@@H]1C[C@@H](ON)CN1C(=O)O. The molecule has 1 rings (SSSR count). The third kappa shape index (κ3) is 1.94. The number of nitrogens with two attached hydrogens (primary N) is 1. The number of hydrogen-bond donors (Lipinski definition) is 2. The highest BCUT2D eigenvalue weighted by atomic mass is 16.6. The van der Waals surface area contributed by atoms with E-state index in [1.54, 1.807) is 0 Å². The van der Waals surface area contributed by atoms with E-state index in [9.17, 15) is 9.59 Å². The summed E-state index contributed by atoms with van der Waals surface area (Å²) in [5.74, 6) is 4.34. The molecule has 0 radical (unpaired) electrons. The van der Waals surface area contributed by atoms with Gasteiger partial charge in [-0.25, -0.2) is 15.5 Å². The third-order valence-electron chi connectivity index (χ3n) is 2.17. The Balaban J connectivity index is 2.71. The molecule has 1 saturated heterocycles. The van der Waals surface area contributed by atoms with Gasteiger partial charge in [0.2, 0.25) is 0 Å². The summed E-state index contributed by atoms with van der Waals surface area (Å²) >= 11 is 0. The van der Waals surface area contributed by atoms with Gasteiger partial charge in [0.25, 0.3) is 0 Å². The van der Waals surface area contributed by atoms with E-state index in [0.717, 1.165) is 4.90 Å². The molecule has 2 atom stereocenters. The summed E-state index contributed by atoms with van der Waals surface area (Å²) in [5.41, 5.74) is 0. The van der Waals surface area contributed by atoms with Crippen molar-refractivity contribution in [2.45, 2.75) is 18.6 Å². The summed E-state index contributed by atoms with van der Waals surface area (Å²) in [5, 5.41) is 8.76. The van der Waals surface area contributed by atoms with Crippen molar-refractivity contribution in [1.29, 1.82) is 0 Å². The summed E-state index contributed by atoms with van der Waals surface area (Å²) in [6, 6.07) is -0.814. The Kier molecular flexibility index (Phi) is 3.26. The molecule has 0 aliphatic carbocycles. The van der Waals surface area contributed by atoms with Gasteiger partial charge in [0.1, 0.15) is 6.04 Å². The van der Waals surface area contributed by atoms with E-state index < -0.39 is 24.2 Å². The van der Waals surface area contributed by atoms with E-state index >= 15 is 0 Å². The summed E-state index contributed by atoms with van der Waals surface area (Å²) in [4.78, 5) is 27.3. The van der Waals surface area contributed by atoms with Gasteiger partial charge in [-0.05, 0) is 0 Å². The van der Waals surface area contributed by atoms with Crippen LogP contribution in [0, 0.1) is 0 Å². The lowest BCUT2D eigenvalue weighted by Gasteiger charge is -2.18. The molecule has 0 saturated carbocycles. The van der Waals surface area contributed by atoms with E-state index in [-0.39, 0.29) is 13.0 Å². The number of esters is 1. The van der Waals surface area contributed by atoms with Gasteiger partial charge in [-0.1, -0.05) is 0 Å². The van der Waals surface area contributed by atoms with Gasteiger partial charge in [0.15, 0.2) is 0 Å². The summed E-state index contributed by atoms with van der Waals surface area (Å²) in [7, 11) is 1.21. The summed E-state index contributed by atoms with van der Waals surface area (Å²) < 4.78 is 4.47. The first-order valence-corrected chi connectivity index (χ1v) is 4.03. The first-order chi connectivity index (χ1) is 6.60. The van der Waals surface area contributed by atoms with Crippen LogP contribution in [0.5, 0.6) is 0 Å². The minimum Gasteiger partial charge on any atom is -0.467 e. The average molecular weight is 204 g/mol. The van der Waals surface area contributed by atoms with Crippen LogP contribution in [0.2, 0.25) is 0 Å². The Bertz CT molecular complexity index is 244. The number of hydrogen-bond acceptors (Lipinski definition) is 5. The van der Waals surface area contributed by atoms with Crippen molar-refractivity contribution in [2.75, 3.05) is 13.7 Å². The van der Waals surface area contributed by atoms with Crippen molar-refractivity contribution in [2.24, 2.45) is 5.90 Å². The summed E-state index contributed by atoms with van der Waals surface area (Å²) in [6.07, 6.45) is -1.40. The highest BCUT2D eigenvalue weighted by Gasteiger charge is 2.40. The fourth-order valence-corrected chi connectivity index (χ4v) is 1.47. The Morgan fingerprint density at radius 2 is 2.21 bits per heavy atom. The van der Waals surface area contributed by atoms with E-state index in [2.05, 4.69) is 9.57 Å². The number of methoxy groups -OCH3 is 1. The van der Waals surface area contributed by atoms with Gasteiger partial charge in [0, 0.05) is 6.42 Å². The highest BCUT2D eigenvalue weighted by Crippen LogP contribution is 2.20. The number of nitrogens with zero attached hydrogens (tertiary/aromatic N) is 1. The van der Waals surface area contributed by atoms with Crippen LogP contribution >= 0.6 is 0 Å². The smallest absolute Gasteiger partial charge is 0.408 e. The average Bonchev–Trinajstić information content (AvgIpc) is 2.60. The van der Waals surface area contributed by atoms with Crippen LogP contribution in [0.1, 0.15) is 6.42 Å². The van der Waals surface area contributed by atoms with Crippen LogP contribution in [0.3, 0.4) is 0 Å². The molecular formula is C7H12N2O5. The predicted molar refractivity (Wildman–Crippen MR) is 44.2 cm³/mol. The zero-order chi connectivity index (χ0) is 10.7. The molecule has 1 heterocycles. The van der Waals surface area contributed by atoms with Crippen molar-refractivity contribution in [1.82, 2.24) is 4.90 Å². The fraction of sp³-hybridized carbons (Fsp3) is 0.714. The first kappa shape index (κ1) is 10.7. The molecule has 0 aromatic carbocycles. The van der Waals surface area contributed by atoms with Crippen molar-refractivity contribution >= 4 is 12.1 Å². The van der Waals surface area contributed by atoms with Crippen molar-refractivity contribution in [3.05, 3.63) is 0 Å². The number of likely N-dealkylation sites (tertiary alicyclic amines) is 1. The van der Waals surface area contributed by atoms with Crippen LogP contribution in [-0.4, -0.2) is 47.9 Å². The molecule has 0 aromatic rings. The van der Waals surface area contributed by atoms with Crippen molar-refractivity contribution in [3.8, 4) is 0 Å². The van der Waals surface area contributed by atoms with Gasteiger partial charge in [0.05, 0.1) is 19.8 Å². The quantitative estimate of drug-likeness (QED) is 0.449. The Hall–Kier alpha value is -1.34. The number of ether oxygens (including phenoxy) is 1. The predicted octanol–water partition coefficient (Wildman–Crippen LogP) is -0.829. The zero-order valence-electron chi connectivity index (χ0n) is 7.67. The standard InChI is InChI=1S/C7H12N2O5/c1-13-6(10)5-2-4(14-8)3-9(5)7(11)12/h4-5H,2-3,8H2,1H3,(H,11,12)/t4-,5+/m1/s1. The van der Waals surface area contributed by atoms with Gasteiger partial charge in [-0.15, -0.1) is 0 Å². The highest BCUT2D eigenvalue weighted by molar-refractivity contribution is 5.81. The second-order valence-electron chi connectivity index (χ2n) is 2.97. The molecule has 1 amide bonds. The number of carbonyl (C=O) groups excluding carboxylic acids is 1. The molecule has 3 N–H and O–H groups in total. The maximum atomic E-state index is 11.2. The number of carbonyl (C=O) groups is 2. The molecule has 14 heavy (non-hydrogen) atoms. The lowest BCUT2D eigenvalue weighted by Crippen LogP contribution is -2.40. The number of amides is 1. The van der Waals surface area contributed by atoms with Crippen LogP contribution < -0.4 is 5.90 Å². The fourth-order valence-electron chi connectivity index (χ4n) is 1.47. The Morgan fingerprint density at radius 3 is 2.64 bits per heavy atom. The Morgan fingerprint density at radius 1 is 1.57 bits per heavy atom. The van der Waals surface area contributed by atoms with Gasteiger partial charge >= 0.3 is 12.1 Å². The van der Waals surface area contributed by atoms with Crippen molar-refractivity contribution in [3.63, 3.8) is 0 Å². The normalized spacial score (nSPS) is 26.3. The molecule has 1 fully saturated rings. The van der Waals surface area contributed by atoms with E-state index in [0.29, 0.717) is 0 Å². The minimum atomic E-state index is -1.18. The lowest BCUT2D eigenvalue weighted by molar-refractivity contribution is -0.145. The number of carboxylic acid groups (broad SMARTS) is 1. The molecule has 7 heteroatoms. The largest absolute Gasteiger partial charge is 0.467 e. The monoisotopic (exact) mass is 204 g/mol. The van der Waals surface area contributed by atoms with Crippen LogP contribution in [0.4, 0.5) is 4.79 Å². The van der Waals surface area contributed by atoms with E-state index in [1.165, 1.54) is 7.11 Å². The molecule has 80 valence electrons. The molecule has 0 spiro atoms. The molecule has 1 aliphatic heterocycles. The van der Waals surface area contributed by atoms with Crippen LogP contribution in [-0.2, 0) is 14.4 Å². The first-order valence-electron chi connectivity index (χ1n) is 4.03. The maximum absolute atomic E-state index is 11.2. The van der Waals surface area contributed by atoms with Gasteiger partial charge < -0.3 is 9.84 Å². The molecule has 7 nitrogen and oxygen atoms in total. The number of rotatable bonds is 2. The minimum absolute atomic E-state index is 0.0889.